The maximum atomic E-state index is 12.4. The van der Waals surface area contributed by atoms with Crippen molar-refractivity contribution in [2.24, 2.45) is 0 Å². The summed E-state index contributed by atoms with van der Waals surface area (Å²) < 4.78 is 68.0. The third-order valence-corrected chi connectivity index (χ3v) is 4.33. The van der Waals surface area contributed by atoms with E-state index < -0.39 is 27.9 Å². The number of rotatable bonds is 5. The van der Waals surface area contributed by atoms with Crippen molar-refractivity contribution in [1.29, 1.82) is 0 Å². The molecular weight excluding hydrogens is 323 g/mol. The Labute approximate surface area is 124 Å². The van der Waals surface area contributed by atoms with Crippen LogP contribution in [0.4, 0.5) is 13.2 Å². The molecule has 1 aromatic heterocycles. The van der Waals surface area contributed by atoms with Gasteiger partial charge in [-0.05, 0) is 30.3 Å². The van der Waals surface area contributed by atoms with Crippen molar-refractivity contribution in [1.82, 2.24) is 4.72 Å². The summed E-state index contributed by atoms with van der Waals surface area (Å²) in [5, 5.41) is 9.73. The fourth-order valence-electron chi connectivity index (χ4n) is 1.68. The van der Waals surface area contributed by atoms with Crippen LogP contribution in [0.5, 0.6) is 0 Å². The van der Waals surface area contributed by atoms with Crippen LogP contribution >= 0.6 is 0 Å². The minimum atomic E-state index is -4.53. The van der Waals surface area contributed by atoms with E-state index >= 15 is 0 Å². The lowest BCUT2D eigenvalue weighted by Gasteiger charge is -2.12. The molecule has 22 heavy (non-hydrogen) atoms. The Hall–Kier alpha value is -1.84. The molecule has 5 nitrogen and oxygen atoms in total. The first-order valence-corrected chi connectivity index (χ1v) is 7.55. The minimum Gasteiger partial charge on any atom is -0.472 e. The normalized spacial score (nSPS) is 14.0. The Balaban J connectivity index is 2.07. The highest BCUT2D eigenvalue weighted by Gasteiger charge is 2.30. The Morgan fingerprint density at radius 3 is 2.32 bits per heavy atom. The molecule has 0 aliphatic rings. The maximum Gasteiger partial charge on any atom is 0.416 e. The molecule has 0 amide bonds. The van der Waals surface area contributed by atoms with Crippen LogP contribution in [0.1, 0.15) is 17.2 Å². The van der Waals surface area contributed by atoms with Gasteiger partial charge in [-0.1, -0.05) is 0 Å². The molecular formula is C13H12F3NO4S. The molecule has 2 rings (SSSR count). The van der Waals surface area contributed by atoms with Gasteiger partial charge in [0.25, 0.3) is 0 Å². The number of sulfonamides is 1. The van der Waals surface area contributed by atoms with Crippen molar-refractivity contribution in [3.8, 4) is 0 Å². The lowest BCUT2D eigenvalue weighted by molar-refractivity contribution is -0.137. The molecule has 0 aliphatic heterocycles. The second kappa shape index (κ2) is 6.11. The van der Waals surface area contributed by atoms with Crippen molar-refractivity contribution in [3.05, 3.63) is 54.0 Å². The van der Waals surface area contributed by atoms with Crippen LogP contribution in [0, 0.1) is 0 Å². The first-order chi connectivity index (χ1) is 10.2. The molecule has 2 aromatic rings. The lowest BCUT2D eigenvalue weighted by atomic mass is 10.2. The Kier molecular flexibility index (Phi) is 4.59. The molecule has 1 atom stereocenters. The van der Waals surface area contributed by atoms with Crippen LogP contribution in [0.15, 0.2) is 52.2 Å². The molecule has 0 aliphatic carbocycles. The number of benzene rings is 1. The number of furan rings is 1. The largest absolute Gasteiger partial charge is 0.472 e. The molecule has 1 aromatic carbocycles. The summed E-state index contributed by atoms with van der Waals surface area (Å²) in [4.78, 5) is -0.320. The standard InChI is InChI=1S/C13H12F3NO4S/c14-13(15,16)10-1-3-11(4-2-10)22(19,20)17-7-12(18)9-5-6-21-8-9/h1-6,8,12,17-18H,7H2. The van der Waals surface area contributed by atoms with Crippen molar-refractivity contribution >= 4 is 10.0 Å². The first-order valence-electron chi connectivity index (χ1n) is 6.07. The van der Waals surface area contributed by atoms with Crippen LogP contribution < -0.4 is 4.72 Å². The number of alkyl halides is 3. The zero-order chi connectivity index (χ0) is 16.4. The lowest BCUT2D eigenvalue weighted by Crippen LogP contribution is -2.28. The highest BCUT2D eigenvalue weighted by molar-refractivity contribution is 7.89. The van der Waals surface area contributed by atoms with E-state index in [1.165, 1.54) is 18.6 Å². The molecule has 9 heteroatoms. The minimum absolute atomic E-state index is 0.320. The highest BCUT2D eigenvalue weighted by Crippen LogP contribution is 2.29. The summed E-state index contributed by atoms with van der Waals surface area (Å²) in [6.07, 6.45) is -3.07. The molecule has 0 spiro atoms. The molecule has 1 heterocycles. The Morgan fingerprint density at radius 1 is 1.18 bits per heavy atom. The molecule has 1 unspecified atom stereocenters. The summed E-state index contributed by atoms with van der Waals surface area (Å²) >= 11 is 0. The van der Waals surface area contributed by atoms with Gasteiger partial charge in [-0.2, -0.15) is 13.2 Å². The topological polar surface area (TPSA) is 79.5 Å². The van der Waals surface area contributed by atoms with E-state index in [-0.39, 0.29) is 11.4 Å². The fraction of sp³-hybridized carbons (Fsp3) is 0.231. The van der Waals surface area contributed by atoms with Crippen LogP contribution in [-0.2, 0) is 16.2 Å². The Bertz CT molecular complexity index is 709. The molecule has 0 fully saturated rings. The van der Waals surface area contributed by atoms with Crippen molar-refractivity contribution in [3.63, 3.8) is 0 Å². The first kappa shape index (κ1) is 16.5. The van der Waals surface area contributed by atoms with Crippen molar-refractivity contribution < 1.29 is 31.1 Å². The number of hydrogen-bond donors (Lipinski definition) is 2. The second-order valence-corrected chi connectivity index (χ2v) is 6.21. The van der Waals surface area contributed by atoms with Crippen LogP contribution in [-0.4, -0.2) is 20.1 Å². The van der Waals surface area contributed by atoms with Gasteiger partial charge in [0.1, 0.15) is 0 Å². The molecule has 0 bridgehead atoms. The van der Waals surface area contributed by atoms with Gasteiger partial charge in [0.2, 0.25) is 10.0 Å². The molecule has 0 saturated carbocycles. The SMILES string of the molecule is O=S(=O)(NCC(O)c1ccoc1)c1ccc(C(F)(F)F)cc1. The van der Waals surface area contributed by atoms with Crippen molar-refractivity contribution in [2.45, 2.75) is 17.2 Å². The number of aliphatic hydroxyl groups is 1. The summed E-state index contributed by atoms with van der Waals surface area (Å²) in [5.41, 5.74) is -0.556. The van der Waals surface area contributed by atoms with Gasteiger partial charge < -0.3 is 9.52 Å². The van der Waals surface area contributed by atoms with Gasteiger partial charge in [0.05, 0.1) is 29.1 Å². The molecule has 0 radical (unpaired) electrons. The van der Waals surface area contributed by atoms with Gasteiger partial charge in [0, 0.05) is 12.1 Å². The number of hydrogen-bond acceptors (Lipinski definition) is 4. The van der Waals surface area contributed by atoms with E-state index in [2.05, 4.69) is 4.72 Å². The number of nitrogens with one attached hydrogen (secondary N) is 1. The zero-order valence-electron chi connectivity index (χ0n) is 11.0. The third-order valence-electron chi connectivity index (χ3n) is 2.89. The number of halogens is 3. The van der Waals surface area contributed by atoms with Gasteiger partial charge >= 0.3 is 6.18 Å². The molecule has 2 N–H and O–H groups in total. The van der Waals surface area contributed by atoms with Gasteiger partial charge in [-0.3, -0.25) is 0 Å². The van der Waals surface area contributed by atoms with E-state index in [1.54, 1.807) is 0 Å². The maximum absolute atomic E-state index is 12.4. The predicted molar refractivity (Wildman–Crippen MR) is 70.3 cm³/mol. The monoisotopic (exact) mass is 335 g/mol. The average Bonchev–Trinajstić information content (AvgIpc) is 2.98. The molecule has 0 saturated heterocycles. The second-order valence-electron chi connectivity index (χ2n) is 4.45. The van der Waals surface area contributed by atoms with E-state index in [0.29, 0.717) is 17.7 Å². The highest BCUT2D eigenvalue weighted by atomic mass is 32.2. The third kappa shape index (κ3) is 3.87. The smallest absolute Gasteiger partial charge is 0.416 e. The van der Waals surface area contributed by atoms with Crippen LogP contribution in [0.3, 0.4) is 0 Å². The zero-order valence-corrected chi connectivity index (χ0v) is 11.9. The Morgan fingerprint density at radius 2 is 1.82 bits per heavy atom. The van der Waals surface area contributed by atoms with Crippen molar-refractivity contribution in [2.75, 3.05) is 6.54 Å². The summed E-state index contributed by atoms with van der Waals surface area (Å²) in [6, 6.07) is 4.55. The van der Waals surface area contributed by atoms with Gasteiger partial charge in [-0.15, -0.1) is 0 Å². The predicted octanol–water partition coefficient (Wildman–Crippen LogP) is 2.31. The summed E-state index contributed by atoms with van der Waals surface area (Å²) in [7, 11) is -4.02. The van der Waals surface area contributed by atoms with E-state index in [1.807, 2.05) is 0 Å². The van der Waals surface area contributed by atoms with Gasteiger partial charge in [-0.25, -0.2) is 13.1 Å². The van der Waals surface area contributed by atoms with E-state index in [4.69, 9.17) is 4.42 Å². The van der Waals surface area contributed by atoms with Gasteiger partial charge in [0.15, 0.2) is 0 Å². The van der Waals surface area contributed by atoms with Crippen LogP contribution in [0.2, 0.25) is 0 Å². The fourth-order valence-corrected chi connectivity index (χ4v) is 2.72. The average molecular weight is 335 g/mol. The van der Waals surface area contributed by atoms with E-state index in [0.717, 1.165) is 12.1 Å². The van der Waals surface area contributed by atoms with Crippen LogP contribution in [0.25, 0.3) is 0 Å². The summed E-state index contributed by atoms with van der Waals surface area (Å²) in [6.45, 7) is -0.330. The summed E-state index contributed by atoms with van der Waals surface area (Å²) in [5.74, 6) is 0. The molecule has 120 valence electrons. The van der Waals surface area contributed by atoms with E-state index in [9.17, 15) is 26.7 Å². The number of aliphatic hydroxyl groups excluding tert-OH is 1. The quantitative estimate of drug-likeness (QED) is 0.879.